The molecule has 1 saturated heterocycles. The van der Waals surface area contributed by atoms with Crippen molar-refractivity contribution >= 4 is 16.8 Å². The van der Waals surface area contributed by atoms with Gasteiger partial charge in [-0.3, -0.25) is 4.79 Å². The summed E-state index contributed by atoms with van der Waals surface area (Å²) in [7, 11) is 0. The van der Waals surface area contributed by atoms with Gasteiger partial charge in [0, 0.05) is 36.6 Å². The summed E-state index contributed by atoms with van der Waals surface area (Å²) < 4.78 is 0. The first-order chi connectivity index (χ1) is 12.8. The Kier molecular flexibility index (Phi) is 5.33. The van der Waals surface area contributed by atoms with Gasteiger partial charge in [0.25, 0.3) is 0 Å². The lowest BCUT2D eigenvalue weighted by Gasteiger charge is -2.31. The molecular weight excluding hydrogens is 320 g/mol. The summed E-state index contributed by atoms with van der Waals surface area (Å²) in [6.07, 6.45) is 12.8. The molecule has 4 rings (SSSR count). The number of nitrogens with one attached hydrogen (secondary N) is 1. The van der Waals surface area contributed by atoms with E-state index < -0.39 is 0 Å². The Morgan fingerprint density at radius 2 is 1.92 bits per heavy atom. The van der Waals surface area contributed by atoms with Gasteiger partial charge in [-0.1, -0.05) is 44.4 Å². The number of nitrogens with zero attached hydrogens (tertiary/aromatic N) is 1. The molecule has 0 unspecified atom stereocenters. The van der Waals surface area contributed by atoms with Gasteiger partial charge in [-0.05, 0) is 55.1 Å². The first kappa shape index (κ1) is 17.6. The summed E-state index contributed by atoms with van der Waals surface area (Å²) in [5, 5.41) is 1.34. The normalized spacial score (nSPS) is 20.0. The number of amides is 1. The molecule has 1 atom stereocenters. The summed E-state index contributed by atoms with van der Waals surface area (Å²) in [6, 6.07) is 6.64. The minimum absolute atomic E-state index is 0.365. The number of likely N-dealkylation sites (tertiary alicyclic amines) is 1. The summed E-state index contributed by atoms with van der Waals surface area (Å²) in [4.78, 5) is 18.6. The van der Waals surface area contributed by atoms with Crippen LogP contribution in [0.15, 0.2) is 24.4 Å². The van der Waals surface area contributed by atoms with Crippen molar-refractivity contribution in [1.82, 2.24) is 9.88 Å². The van der Waals surface area contributed by atoms with E-state index in [-0.39, 0.29) is 0 Å². The molecule has 3 nitrogen and oxygen atoms in total. The van der Waals surface area contributed by atoms with E-state index in [0.717, 1.165) is 19.5 Å². The molecule has 1 aromatic heterocycles. The standard InChI is InChI=1S/C23H32N2O/c1-2-17-11-8-12-19-21(16-24-23(17)19)20(18-9-4-3-5-10-18)15-22(26)25-13-6-7-14-25/h8,11-12,16,18,20,24H,2-7,9-10,13-15H2,1H3/t20-/m1/s1. The van der Waals surface area contributed by atoms with Gasteiger partial charge in [0.2, 0.25) is 5.91 Å². The minimum Gasteiger partial charge on any atom is -0.361 e. The van der Waals surface area contributed by atoms with E-state index in [1.165, 1.54) is 67.0 Å². The number of carbonyl (C=O) groups is 1. The highest BCUT2D eigenvalue weighted by molar-refractivity contribution is 5.87. The zero-order valence-electron chi connectivity index (χ0n) is 16.1. The van der Waals surface area contributed by atoms with Crippen molar-refractivity contribution in [3.05, 3.63) is 35.5 Å². The fraction of sp³-hybridized carbons (Fsp3) is 0.609. The van der Waals surface area contributed by atoms with Crippen LogP contribution >= 0.6 is 0 Å². The molecule has 1 aromatic carbocycles. The maximum absolute atomic E-state index is 13.0. The second-order valence-corrected chi connectivity index (χ2v) is 8.23. The van der Waals surface area contributed by atoms with E-state index in [4.69, 9.17) is 0 Å². The predicted octanol–water partition coefficient (Wildman–Crippen LogP) is 5.41. The highest BCUT2D eigenvalue weighted by Gasteiger charge is 2.31. The lowest BCUT2D eigenvalue weighted by atomic mass is 9.75. The topological polar surface area (TPSA) is 36.1 Å². The molecule has 0 spiro atoms. The second kappa shape index (κ2) is 7.85. The Morgan fingerprint density at radius 1 is 1.15 bits per heavy atom. The Morgan fingerprint density at radius 3 is 2.65 bits per heavy atom. The van der Waals surface area contributed by atoms with Crippen LogP contribution in [0.25, 0.3) is 10.9 Å². The molecule has 1 N–H and O–H groups in total. The quantitative estimate of drug-likeness (QED) is 0.767. The van der Waals surface area contributed by atoms with Crippen molar-refractivity contribution in [3.63, 3.8) is 0 Å². The van der Waals surface area contributed by atoms with E-state index in [1.54, 1.807) is 0 Å². The van der Waals surface area contributed by atoms with Gasteiger partial charge in [0.05, 0.1) is 0 Å². The van der Waals surface area contributed by atoms with Crippen LogP contribution in [-0.4, -0.2) is 28.9 Å². The van der Waals surface area contributed by atoms with Crippen LogP contribution in [0.2, 0.25) is 0 Å². The van der Waals surface area contributed by atoms with Crippen LogP contribution in [0, 0.1) is 5.92 Å². The SMILES string of the molecule is CCc1cccc2c([C@H](CC(=O)N3CCCC3)C3CCCCC3)c[nH]c12. The molecule has 2 aliphatic rings. The van der Waals surface area contributed by atoms with Crippen molar-refractivity contribution in [2.75, 3.05) is 13.1 Å². The number of benzene rings is 1. The summed E-state index contributed by atoms with van der Waals surface area (Å²) >= 11 is 0. The van der Waals surface area contributed by atoms with Crippen LogP contribution in [0.3, 0.4) is 0 Å². The third kappa shape index (κ3) is 3.41. The molecule has 1 saturated carbocycles. The monoisotopic (exact) mass is 352 g/mol. The van der Waals surface area contributed by atoms with Crippen LogP contribution in [-0.2, 0) is 11.2 Å². The number of fused-ring (bicyclic) bond motifs is 1. The number of hydrogen-bond donors (Lipinski definition) is 1. The number of rotatable bonds is 5. The van der Waals surface area contributed by atoms with Crippen LogP contribution < -0.4 is 0 Å². The third-order valence-electron chi connectivity index (χ3n) is 6.69. The molecule has 1 aliphatic heterocycles. The predicted molar refractivity (Wildman–Crippen MR) is 107 cm³/mol. The number of H-pyrrole nitrogens is 1. The highest BCUT2D eigenvalue weighted by atomic mass is 16.2. The summed E-state index contributed by atoms with van der Waals surface area (Å²) in [5.41, 5.74) is 4.04. The average Bonchev–Trinajstić information content (AvgIpc) is 3.36. The fourth-order valence-corrected chi connectivity index (χ4v) is 5.19. The average molecular weight is 353 g/mol. The summed E-state index contributed by atoms with van der Waals surface area (Å²) in [5.74, 6) is 1.39. The molecule has 26 heavy (non-hydrogen) atoms. The van der Waals surface area contributed by atoms with Crippen molar-refractivity contribution in [3.8, 4) is 0 Å². The first-order valence-electron chi connectivity index (χ1n) is 10.6. The molecule has 2 aromatic rings. The Hall–Kier alpha value is -1.77. The van der Waals surface area contributed by atoms with Crippen molar-refractivity contribution in [2.45, 2.75) is 70.6 Å². The van der Waals surface area contributed by atoms with E-state index in [1.807, 2.05) is 0 Å². The van der Waals surface area contributed by atoms with Crippen molar-refractivity contribution in [1.29, 1.82) is 0 Å². The smallest absolute Gasteiger partial charge is 0.223 e. The minimum atomic E-state index is 0.365. The maximum Gasteiger partial charge on any atom is 0.223 e. The van der Waals surface area contributed by atoms with Gasteiger partial charge < -0.3 is 9.88 Å². The van der Waals surface area contributed by atoms with E-state index in [2.05, 4.69) is 41.2 Å². The lowest BCUT2D eigenvalue weighted by molar-refractivity contribution is -0.130. The molecule has 0 radical (unpaired) electrons. The van der Waals surface area contributed by atoms with Gasteiger partial charge in [-0.15, -0.1) is 0 Å². The number of para-hydroxylation sites is 1. The zero-order valence-corrected chi connectivity index (χ0v) is 16.1. The second-order valence-electron chi connectivity index (χ2n) is 8.23. The first-order valence-corrected chi connectivity index (χ1v) is 10.6. The van der Waals surface area contributed by atoms with Gasteiger partial charge >= 0.3 is 0 Å². The largest absolute Gasteiger partial charge is 0.361 e. The van der Waals surface area contributed by atoms with E-state index >= 15 is 0 Å². The Labute approximate surface area is 157 Å². The molecule has 2 heterocycles. The van der Waals surface area contributed by atoms with Crippen molar-refractivity contribution in [2.24, 2.45) is 5.92 Å². The lowest BCUT2D eigenvalue weighted by Crippen LogP contribution is -2.31. The van der Waals surface area contributed by atoms with E-state index in [9.17, 15) is 4.79 Å². The molecular formula is C23H32N2O. The third-order valence-corrected chi connectivity index (χ3v) is 6.69. The zero-order chi connectivity index (χ0) is 17.9. The molecule has 0 bridgehead atoms. The number of aryl methyl sites for hydroxylation is 1. The number of aromatic amines is 1. The van der Waals surface area contributed by atoms with E-state index in [0.29, 0.717) is 24.2 Å². The molecule has 140 valence electrons. The molecule has 3 heteroatoms. The molecule has 2 fully saturated rings. The van der Waals surface area contributed by atoms with Gasteiger partial charge in [0.1, 0.15) is 0 Å². The molecule has 1 aliphatic carbocycles. The highest BCUT2D eigenvalue weighted by Crippen LogP contribution is 2.41. The number of carbonyl (C=O) groups excluding carboxylic acids is 1. The summed E-state index contributed by atoms with van der Waals surface area (Å²) in [6.45, 7) is 4.14. The Balaban J connectivity index is 1.67. The maximum atomic E-state index is 13.0. The van der Waals surface area contributed by atoms with Gasteiger partial charge in [0.15, 0.2) is 0 Å². The van der Waals surface area contributed by atoms with Crippen LogP contribution in [0.1, 0.15) is 75.3 Å². The van der Waals surface area contributed by atoms with Gasteiger partial charge in [-0.2, -0.15) is 0 Å². The van der Waals surface area contributed by atoms with Crippen molar-refractivity contribution < 1.29 is 4.79 Å². The van der Waals surface area contributed by atoms with Crippen LogP contribution in [0.5, 0.6) is 0 Å². The number of hydrogen-bond acceptors (Lipinski definition) is 1. The molecule has 1 amide bonds. The Bertz CT molecular complexity index is 751. The number of aromatic nitrogens is 1. The fourth-order valence-electron chi connectivity index (χ4n) is 5.19. The van der Waals surface area contributed by atoms with Gasteiger partial charge in [-0.25, -0.2) is 0 Å². The van der Waals surface area contributed by atoms with Crippen LogP contribution in [0.4, 0.5) is 0 Å².